The molecule has 0 radical (unpaired) electrons. The Morgan fingerprint density at radius 2 is 2.58 bits per heavy atom. The molecule has 1 aromatic heterocycles. The molecule has 1 heterocycles. The van der Waals surface area contributed by atoms with Crippen LogP contribution in [0, 0.1) is 12.3 Å². The van der Waals surface area contributed by atoms with Gasteiger partial charge in [-0.15, -0.1) is 6.42 Å². The predicted octanol–water partition coefficient (Wildman–Crippen LogP) is 1.30. The fourth-order valence-electron chi connectivity index (χ4n) is 0.682. The standard InChI is InChI=1S/C8H6ClNO2/c1-2-4-10-8(11)6-3-5-12-7(6)9/h1,3,5H,4H2,(H,10,11). The number of carbonyl (C=O) groups is 1. The fourth-order valence-corrected chi connectivity index (χ4v) is 0.883. The van der Waals surface area contributed by atoms with Crippen LogP contribution in [0.1, 0.15) is 10.4 Å². The zero-order chi connectivity index (χ0) is 8.97. The molecule has 0 saturated heterocycles. The zero-order valence-electron chi connectivity index (χ0n) is 6.13. The summed E-state index contributed by atoms with van der Waals surface area (Å²) < 4.78 is 4.72. The summed E-state index contributed by atoms with van der Waals surface area (Å²) in [6.07, 6.45) is 6.29. The minimum absolute atomic E-state index is 0.0736. The number of hydrogen-bond acceptors (Lipinski definition) is 2. The van der Waals surface area contributed by atoms with Gasteiger partial charge in [-0.1, -0.05) is 5.92 Å². The molecule has 0 aromatic carbocycles. The van der Waals surface area contributed by atoms with Crippen molar-refractivity contribution in [1.29, 1.82) is 0 Å². The van der Waals surface area contributed by atoms with Crippen molar-refractivity contribution in [1.82, 2.24) is 5.32 Å². The second-order valence-electron chi connectivity index (χ2n) is 1.99. The third-order valence-electron chi connectivity index (χ3n) is 1.21. The Bertz CT molecular complexity index is 324. The van der Waals surface area contributed by atoms with E-state index < -0.39 is 0 Å². The van der Waals surface area contributed by atoms with Gasteiger partial charge >= 0.3 is 0 Å². The summed E-state index contributed by atoms with van der Waals surface area (Å²) >= 11 is 5.53. The van der Waals surface area contributed by atoms with E-state index >= 15 is 0 Å². The number of carbonyl (C=O) groups excluding carboxylic acids is 1. The van der Waals surface area contributed by atoms with E-state index in [1.54, 1.807) is 0 Å². The quantitative estimate of drug-likeness (QED) is 0.703. The molecule has 0 aliphatic heterocycles. The monoisotopic (exact) mass is 183 g/mol. The summed E-state index contributed by atoms with van der Waals surface area (Å²) in [6.45, 7) is 0.181. The minimum atomic E-state index is -0.327. The lowest BCUT2D eigenvalue weighted by Gasteiger charge is -1.96. The van der Waals surface area contributed by atoms with E-state index in [0.717, 1.165) is 0 Å². The first kappa shape index (κ1) is 8.69. The van der Waals surface area contributed by atoms with Crippen LogP contribution in [-0.2, 0) is 0 Å². The lowest BCUT2D eigenvalue weighted by Crippen LogP contribution is -2.23. The van der Waals surface area contributed by atoms with E-state index in [1.165, 1.54) is 12.3 Å². The van der Waals surface area contributed by atoms with E-state index in [1.807, 2.05) is 0 Å². The van der Waals surface area contributed by atoms with Crippen molar-refractivity contribution in [3.8, 4) is 12.3 Å². The highest BCUT2D eigenvalue weighted by Crippen LogP contribution is 2.15. The second-order valence-corrected chi connectivity index (χ2v) is 2.34. The molecule has 0 saturated carbocycles. The SMILES string of the molecule is C#CCNC(=O)c1ccoc1Cl. The molecular weight excluding hydrogens is 178 g/mol. The number of terminal acetylenes is 1. The number of nitrogens with one attached hydrogen (secondary N) is 1. The normalized spacial score (nSPS) is 9.00. The molecule has 1 aromatic rings. The maximum atomic E-state index is 11.1. The summed E-state index contributed by atoms with van der Waals surface area (Å²) in [7, 11) is 0. The average Bonchev–Trinajstić information content (AvgIpc) is 2.47. The van der Waals surface area contributed by atoms with E-state index in [-0.39, 0.29) is 17.7 Å². The van der Waals surface area contributed by atoms with Crippen molar-refractivity contribution in [3.05, 3.63) is 23.1 Å². The van der Waals surface area contributed by atoms with Crippen LogP contribution in [0.4, 0.5) is 0 Å². The van der Waals surface area contributed by atoms with Gasteiger partial charge in [0.15, 0.2) is 0 Å². The van der Waals surface area contributed by atoms with Crippen LogP contribution in [0.25, 0.3) is 0 Å². The van der Waals surface area contributed by atoms with E-state index in [2.05, 4.69) is 11.2 Å². The zero-order valence-corrected chi connectivity index (χ0v) is 6.89. The maximum Gasteiger partial charge on any atom is 0.256 e. The molecule has 0 unspecified atom stereocenters. The van der Waals surface area contributed by atoms with E-state index in [9.17, 15) is 4.79 Å². The van der Waals surface area contributed by atoms with Gasteiger partial charge in [0, 0.05) is 0 Å². The predicted molar refractivity (Wildman–Crippen MR) is 44.9 cm³/mol. The minimum Gasteiger partial charge on any atom is -0.452 e. The maximum absolute atomic E-state index is 11.1. The lowest BCUT2D eigenvalue weighted by atomic mass is 10.3. The summed E-state index contributed by atoms with van der Waals surface area (Å²) in [6, 6.07) is 1.48. The Labute approximate surface area is 74.7 Å². The van der Waals surface area contributed by atoms with Crippen LogP contribution < -0.4 is 5.32 Å². The molecule has 1 N–H and O–H groups in total. The molecule has 3 nitrogen and oxygen atoms in total. The van der Waals surface area contributed by atoms with E-state index in [4.69, 9.17) is 22.4 Å². The number of rotatable bonds is 2. The van der Waals surface area contributed by atoms with Gasteiger partial charge in [-0.2, -0.15) is 0 Å². The summed E-state index contributed by atoms with van der Waals surface area (Å²) in [4.78, 5) is 11.1. The van der Waals surface area contributed by atoms with Gasteiger partial charge in [0.05, 0.1) is 18.4 Å². The smallest absolute Gasteiger partial charge is 0.256 e. The van der Waals surface area contributed by atoms with Crippen LogP contribution in [0.5, 0.6) is 0 Å². The Morgan fingerprint density at radius 1 is 1.83 bits per heavy atom. The Hall–Kier alpha value is -1.40. The van der Waals surface area contributed by atoms with Gasteiger partial charge in [-0.05, 0) is 17.7 Å². The fraction of sp³-hybridized carbons (Fsp3) is 0.125. The van der Waals surface area contributed by atoms with Gasteiger partial charge in [0.25, 0.3) is 5.91 Å². The third kappa shape index (κ3) is 1.80. The number of halogens is 1. The molecule has 4 heteroatoms. The largest absolute Gasteiger partial charge is 0.452 e. The molecule has 0 spiro atoms. The highest BCUT2D eigenvalue weighted by atomic mass is 35.5. The van der Waals surface area contributed by atoms with Gasteiger partial charge in [-0.25, -0.2) is 0 Å². The molecule has 12 heavy (non-hydrogen) atoms. The molecule has 62 valence electrons. The van der Waals surface area contributed by atoms with Crippen LogP contribution in [-0.4, -0.2) is 12.5 Å². The van der Waals surface area contributed by atoms with Crippen molar-refractivity contribution in [2.45, 2.75) is 0 Å². The molecule has 1 amide bonds. The molecule has 0 bridgehead atoms. The van der Waals surface area contributed by atoms with Gasteiger partial charge in [0.2, 0.25) is 5.22 Å². The van der Waals surface area contributed by atoms with Crippen LogP contribution in [0.3, 0.4) is 0 Å². The van der Waals surface area contributed by atoms with E-state index in [0.29, 0.717) is 5.56 Å². The van der Waals surface area contributed by atoms with Gasteiger partial charge in [-0.3, -0.25) is 4.79 Å². The molecule has 0 aliphatic carbocycles. The number of furan rings is 1. The Balaban J connectivity index is 2.67. The Morgan fingerprint density at radius 3 is 3.08 bits per heavy atom. The molecule has 1 rings (SSSR count). The molecular formula is C8H6ClNO2. The first-order chi connectivity index (χ1) is 5.75. The van der Waals surface area contributed by atoms with Gasteiger partial charge < -0.3 is 9.73 Å². The highest BCUT2D eigenvalue weighted by Gasteiger charge is 2.11. The second kappa shape index (κ2) is 3.84. The number of hydrogen-bond donors (Lipinski definition) is 1. The van der Waals surface area contributed by atoms with Crippen molar-refractivity contribution in [3.63, 3.8) is 0 Å². The molecule has 0 fully saturated rings. The van der Waals surface area contributed by atoms with Gasteiger partial charge in [0.1, 0.15) is 0 Å². The molecule has 0 aliphatic rings. The highest BCUT2D eigenvalue weighted by molar-refractivity contribution is 6.32. The van der Waals surface area contributed by atoms with Crippen LogP contribution in [0.15, 0.2) is 16.7 Å². The summed E-state index contributed by atoms with van der Waals surface area (Å²) in [5, 5.41) is 2.53. The molecule has 0 atom stereocenters. The van der Waals surface area contributed by atoms with Crippen LogP contribution >= 0.6 is 11.6 Å². The first-order valence-corrected chi connectivity index (χ1v) is 3.58. The first-order valence-electron chi connectivity index (χ1n) is 3.20. The van der Waals surface area contributed by atoms with Crippen molar-refractivity contribution >= 4 is 17.5 Å². The number of amides is 1. The van der Waals surface area contributed by atoms with Crippen LogP contribution in [0.2, 0.25) is 5.22 Å². The van der Waals surface area contributed by atoms with Crippen molar-refractivity contribution in [2.24, 2.45) is 0 Å². The average molecular weight is 184 g/mol. The summed E-state index contributed by atoms with van der Waals surface area (Å²) in [5.41, 5.74) is 0.298. The third-order valence-corrected chi connectivity index (χ3v) is 1.51. The lowest BCUT2D eigenvalue weighted by molar-refractivity contribution is 0.0958. The Kier molecular flexibility index (Phi) is 2.78. The van der Waals surface area contributed by atoms with Crippen molar-refractivity contribution < 1.29 is 9.21 Å². The van der Waals surface area contributed by atoms with Crippen molar-refractivity contribution in [2.75, 3.05) is 6.54 Å². The topological polar surface area (TPSA) is 42.2 Å². The summed E-state index contributed by atoms with van der Waals surface area (Å²) in [5.74, 6) is 1.95.